The highest BCUT2D eigenvalue weighted by molar-refractivity contribution is 5.72. The van der Waals surface area contributed by atoms with Crippen LogP contribution in [0.5, 0.6) is 11.5 Å². The van der Waals surface area contributed by atoms with Gasteiger partial charge in [0, 0.05) is 32.6 Å². The van der Waals surface area contributed by atoms with Gasteiger partial charge in [-0.05, 0) is 79.9 Å². The van der Waals surface area contributed by atoms with Gasteiger partial charge in [0.25, 0.3) is 0 Å². The van der Waals surface area contributed by atoms with Crippen LogP contribution in [0.25, 0.3) is 0 Å². The van der Waals surface area contributed by atoms with Gasteiger partial charge in [0.2, 0.25) is 0 Å². The van der Waals surface area contributed by atoms with Crippen LogP contribution >= 0.6 is 0 Å². The average molecular weight is 609 g/mol. The normalized spacial score (nSPS) is 16.1. The zero-order valence-corrected chi connectivity index (χ0v) is 29.0. The Hall–Kier alpha value is -3.19. The van der Waals surface area contributed by atoms with E-state index in [1.807, 2.05) is 122 Å². The second-order valence-corrected chi connectivity index (χ2v) is 10.1. The molecule has 2 aromatic carbocycles. The summed E-state index contributed by atoms with van der Waals surface area (Å²) in [6, 6.07) is 17.8. The lowest BCUT2D eigenvalue weighted by Crippen LogP contribution is -2.67. The standard InChI is InChI=1S/C25H36N6O.C5H6O.3C2H6/c1-28-31(3)24(29-19-13-25(14-19)16-30(2)17-25)22(15-26)23(27)18-9-11-21(12-10-18)32-20-7-5-4-6-8-20;1-2-3-4-5-6;3*1-2/h4-12,15,19,23-24,28-29H,13-14,16-17,26-27H2,1-3H3;5H,2H2,1H3;3*1-2H3/b22-15-;;;;. The summed E-state index contributed by atoms with van der Waals surface area (Å²) in [6.07, 6.45) is 5.31. The van der Waals surface area contributed by atoms with Crippen molar-refractivity contribution >= 4 is 6.29 Å². The van der Waals surface area contributed by atoms with E-state index in [2.05, 4.69) is 34.5 Å². The van der Waals surface area contributed by atoms with Gasteiger partial charge in [0.15, 0.2) is 6.29 Å². The molecule has 246 valence electrons. The predicted octanol–water partition coefficient (Wildman–Crippen LogP) is 6.07. The summed E-state index contributed by atoms with van der Waals surface area (Å²) in [5, 5.41) is 5.81. The van der Waals surface area contributed by atoms with Gasteiger partial charge in [0.05, 0.1) is 12.2 Å². The monoisotopic (exact) mass is 608 g/mol. The van der Waals surface area contributed by atoms with Gasteiger partial charge in [0.1, 0.15) is 11.5 Å². The summed E-state index contributed by atoms with van der Waals surface area (Å²) in [4.78, 5) is 11.8. The Balaban J connectivity index is 0.00000134. The maximum absolute atomic E-state index is 9.39. The molecule has 4 rings (SSSR count). The van der Waals surface area contributed by atoms with E-state index in [1.54, 1.807) is 6.20 Å². The van der Waals surface area contributed by atoms with E-state index in [0.29, 0.717) is 17.7 Å². The highest BCUT2D eigenvalue weighted by Crippen LogP contribution is 2.48. The van der Waals surface area contributed by atoms with Crippen molar-refractivity contribution < 1.29 is 9.53 Å². The zero-order valence-electron chi connectivity index (χ0n) is 29.0. The van der Waals surface area contributed by atoms with Gasteiger partial charge < -0.3 is 21.1 Å². The Labute approximate surface area is 268 Å². The number of carbonyl (C=O) groups is 1. The van der Waals surface area contributed by atoms with Crippen molar-refractivity contribution in [1.82, 2.24) is 20.7 Å². The quantitative estimate of drug-likeness (QED) is 0.118. The Morgan fingerprint density at radius 2 is 1.59 bits per heavy atom. The minimum Gasteiger partial charge on any atom is -0.457 e. The number of carbonyl (C=O) groups excluding carboxylic acids is 1. The number of nitrogens with two attached hydrogens (primary N) is 2. The van der Waals surface area contributed by atoms with Crippen molar-refractivity contribution in [2.45, 2.75) is 86.0 Å². The number of nitrogens with one attached hydrogen (secondary N) is 2. The molecule has 0 bridgehead atoms. The van der Waals surface area contributed by atoms with Crippen LogP contribution in [0, 0.1) is 17.3 Å². The van der Waals surface area contributed by atoms with Crippen molar-refractivity contribution in [2.24, 2.45) is 16.9 Å². The minimum absolute atomic E-state index is 0.0969. The van der Waals surface area contributed by atoms with Gasteiger partial charge in [-0.3, -0.25) is 15.5 Å². The number of hydrazine groups is 1. The van der Waals surface area contributed by atoms with Gasteiger partial charge >= 0.3 is 0 Å². The number of likely N-dealkylation sites (N-methyl/N-ethyl adjacent to an activating group) is 1. The van der Waals surface area contributed by atoms with E-state index < -0.39 is 0 Å². The smallest absolute Gasteiger partial charge is 0.192 e. The van der Waals surface area contributed by atoms with Gasteiger partial charge in [-0.25, -0.2) is 5.01 Å². The highest BCUT2D eigenvalue weighted by atomic mass is 16.5. The average Bonchev–Trinajstić information content (AvgIpc) is 3.05. The molecule has 2 fully saturated rings. The predicted molar refractivity (Wildman–Crippen MR) is 187 cm³/mol. The molecule has 0 radical (unpaired) electrons. The molecule has 1 aliphatic heterocycles. The fourth-order valence-electron chi connectivity index (χ4n) is 5.31. The lowest BCUT2D eigenvalue weighted by molar-refractivity contribution is -0.103. The van der Waals surface area contributed by atoms with Crippen molar-refractivity contribution in [3.63, 3.8) is 0 Å². The second kappa shape index (κ2) is 23.2. The number of benzene rings is 2. The lowest BCUT2D eigenvalue weighted by Gasteiger charge is -2.59. The van der Waals surface area contributed by atoms with Crippen LogP contribution < -0.4 is 26.9 Å². The van der Waals surface area contributed by atoms with E-state index in [9.17, 15) is 4.79 Å². The molecule has 1 aliphatic carbocycles. The number of rotatable bonds is 9. The fraction of sp³-hybridized carbons (Fsp3) is 0.528. The summed E-state index contributed by atoms with van der Waals surface area (Å²) in [6.45, 7) is 16.3. The largest absolute Gasteiger partial charge is 0.457 e. The molecule has 0 amide bonds. The summed E-state index contributed by atoms with van der Waals surface area (Å²) in [5.74, 6) is 6.43. The summed E-state index contributed by atoms with van der Waals surface area (Å²) >= 11 is 0. The lowest BCUT2D eigenvalue weighted by atomic mass is 9.61. The fourth-order valence-corrected chi connectivity index (χ4v) is 5.31. The zero-order chi connectivity index (χ0) is 33.5. The van der Waals surface area contributed by atoms with Crippen LogP contribution in [0.4, 0.5) is 0 Å². The van der Waals surface area contributed by atoms with Gasteiger partial charge in [-0.15, -0.1) is 0 Å². The molecule has 8 nitrogen and oxygen atoms in total. The number of aldehydes is 1. The van der Waals surface area contributed by atoms with Crippen LogP contribution in [0.1, 0.15) is 79.3 Å². The molecule has 1 saturated heterocycles. The molecule has 2 aliphatic rings. The summed E-state index contributed by atoms with van der Waals surface area (Å²) < 4.78 is 5.91. The number of para-hydroxylation sites is 1. The first kappa shape index (κ1) is 40.8. The number of nitrogens with zero attached hydrogens (tertiary/aromatic N) is 2. The van der Waals surface area contributed by atoms with Crippen LogP contribution in [0.3, 0.4) is 0 Å². The summed E-state index contributed by atoms with van der Waals surface area (Å²) in [7, 11) is 6.11. The third-order valence-corrected chi connectivity index (χ3v) is 7.13. The molecule has 1 spiro atoms. The first-order valence-electron chi connectivity index (χ1n) is 16.1. The van der Waals surface area contributed by atoms with Crippen LogP contribution in [-0.2, 0) is 4.79 Å². The van der Waals surface area contributed by atoms with E-state index in [1.165, 1.54) is 25.9 Å². The van der Waals surface area contributed by atoms with Crippen LogP contribution in [-0.4, -0.2) is 62.6 Å². The number of ether oxygens (including phenoxy) is 1. The SMILES string of the molecule is CC.CC.CC.CCC#CC=O.CNN(C)C(NC1CC2(C1)CN(C)C2)/C(=C\N)C(N)c1ccc(Oc2ccccc2)cc1. The van der Waals surface area contributed by atoms with E-state index in [0.717, 1.165) is 29.1 Å². The Bertz CT molecular complexity index is 1100. The van der Waals surface area contributed by atoms with Crippen LogP contribution in [0.15, 0.2) is 66.4 Å². The Kier molecular flexibility index (Phi) is 21.5. The number of likely N-dealkylation sites (tertiary alicyclic amines) is 1. The molecule has 1 heterocycles. The molecule has 0 aromatic heterocycles. The van der Waals surface area contributed by atoms with Gasteiger partial charge in [-0.2, -0.15) is 0 Å². The molecule has 2 unspecified atom stereocenters. The minimum atomic E-state index is -0.331. The third kappa shape index (κ3) is 12.8. The van der Waals surface area contributed by atoms with Crippen molar-refractivity contribution in [3.8, 4) is 23.3 Å². The number of hydrogen-bond acceptors (Lipinski definition) is 8. The van der Waals surface area contributed by atoms with Crippen LogP contribution in [0.2, 0.25) is 0 Å². The van der Waals surface area contributed by atoms with Gasteiger partial charge in [-0.1, -0.05) is 84.7 Å². The summed E-state index contributed by atoms with van der Waals surface area (Å²) in [5.41, 5.74) is 18.5. The molecular formula is C36H60N6O2. The van der Waals surface area contributed by atoms with Crippen molar-refractivity contribution in [2.75, 3.05) is 34.2 Å². The van der Waals surface area contributed by atoms with E-state index >= 15 is 0 Å². The Morgan fingerprint density at radius 1 is 1.05 bits per heavy atom. The maximum atomic E-state index is 9.39. The molecule has 8 heteroatoms. The first-order valence-corrected chi connectivity index (χ1v) is 16.1. The molecular weight excluding hydrogens is 548 g/mol. The molecule has 2 aromatic rings. The molecule has 44 heavy (non-hydrogen) atoms. The highest BCUT2D eigenvalue weighted by Gasteiger charge is 2.51. The van der Waals surface area contributed by atoms with Crippen molar-refractivity contribution in [3.05, 3.63) is 71.9 Å². The second-order valence-electron chi connectivity index (χ2n) is 10.1. The molecule has 1 saturated carbocycles. The first-order chi connectivity index (χ1) is 21.3. The number of hydrogen-bond donors (Lipinski definition) is 4. The molecule has 6 N–H and O–H groups in total. The van der Waals surface area contributed by atoms with Crippen molar-refractivity contribution in [1.29, 1.82) is 0 Å². The van der Waals surface area contributed by atoms with E-state index in [4.69, 9.17) is 16.2 Å². The molecule has 2 atom stereocenters. The maximum Gasteiger partial charge on any atom is 0.192 e. The third-order valence-electron chi connectivity index (χ3n) is 7.13. The topological polar surface area (TPSA) is 109 Å². The Morgan fingerprint density at radius 3 is 2.02 bits per heavy atom. The van der Waals surface area contributed by atoms with E-state index in [-0.39, 0.29) is 12.2 Å².